The number of carbonyl (C=O) groups excluding carboxylic acids is 1. The molecule has 3 N–H and O–H groups in total. The van der Waals surface area contributed by atoms with Crippen molar-refractivity contribution in [3.63, 3.8) is 0 Å². The second-order valence-electron chi connectivity index (χ2n) is 5.09. The molecule has 0 radical (unpaired) electrons. The maximum Gasteiger partial charge on any atom is 0.277 e. The largest absolute Gasteiger partial charge is 0.508 e. The van der Waals surface area contributed by atoms with Crippen LogP contribution < -0.4 is 10.2 Å². The minimum Gasteiger partial charge on any atom is -0.508 e. The van der Waals surface area contributed by atoms with Gasteiger partial charge in [0.25, 0.3) is 5.91 Å². The Hall–Kier alpha value is -3.02. The Morgan fingerprint density at radius 1 is 1.22 bits per heavy atom. The monoisotopic (exact) mass is 314 g/mol. The molecule has 6 nitrogen and oxygen atoms in total. The van der Waals surface area contributed by atoms with Gasteiger partial charge in [-0.3, -0.25) is 4.79 Å². The molecule has 23 heavy (non-hydrogen) atoms. The van der Waals surface area contributed by atoms with Crippen molar-refractivity contribution in [2.75, 3.05) is 6.61 Å². The number of rotatable bonds is 5. The van der Waals surface area contributed by atoms with Crippen molar-refractivity contribution in [1.29, 1.82) is 0 Å². The van der Waals surface area contributed by atoms with Gasteiger partial charge in [0.2, 0.25) is 0 Å². The highest BCUT2D eigenvalue weighted by atomic mass is 16.5. The van der Waals surface area contributed by atoms with Crippen LogP contribution in [0.25, 0.3) is 0 Å². The molecular formula is C17H18N2O4. The number of hydrogen-bond acceptors (Lipinski definition) is 5. The van der Waals surface area contributed by atoms with E-state index in [9.17, 15) is 15.0 Å². The molecule has 0 spiro atoms. The maximum atomic E-state index is 11.6. The van der Waals surface area contributed by atoms with Crippen molar-refractivity contribution in [3.05, 3.63) is 53.1 Å². The molecule has 0 atom stereocenters. The summed E-state index contributed by atoms with van der Waals surface area (Å²) in [4.78, 5) is 11.6. The van der Waals surface area contributed by atoms with Crippen molar-refractivity contribution in [3.8, 4) is 17.2 Å². The average molecular weight is 314 g/mol. The lowest BCUT2D eigenvalue weighted by atomic mass is 10.1. The van der Waals surface area contributed by atoms with Crippen molar-refractivity contribution >= 4 is 12.1 Å². The summed E-state index contributed by atoms with van der Waals surface area (Å²) in [6.45, 7) is 3.51. The first kappa shape index (κ1) is 16.4. The molecular weight excluding hydrogens is 296 g/mol. The summed E-state index contributed by atoms with van der Waals surface area (Å²) in [5.41, 5.74) is 4.48. The number of phenolic OH excluding ortho intramolecular Hbond substituents is 2. The summed E-state index contributed by atoms with van der Waals surface area (Å²) in [6, 6.07) is 10.0. The van der Waals surface area contributed by atoms with E-state index in [0.29, 0.717) is 16.9 Å². The lowest BCUT2D eigenvalue weighted by molar-refractivity contribution is -0.123. The van der Waals surface area contributed by atoms with E-state index in [1.165, 1.54) is 18.3 Å². The molecule has 2 rings (SSSR count). The Morgan fingerprint density at radius 2 is 1.91 bits per heavy atom. The molecule has 120 valence electrons. The minimum absolute atomic E-state index is 0.0346. The second kappa shape index (κ2) is 7.31. The van der Waals surface area contributed by atoms with E-state index in [2.05, 4.69) is 10.5 Å². The van der Waals surface area contributed by atoms with Crippen LogP contribution in [0.1, 0.15) is 16.7 Å². The van der Waals surface area contributed by atoms with E-state index in [4.69, 9.17) is 4.74 Å². The van der Waals surface area contributed by atoms with Crippen LogP contribution in [0.4, 0.5) is 0 Å². The fourth-order valence-electron chi connectivity index (χ4n) is 1.91. The van der Waals surface area contributed by atoms with Crippen LogP contribution in [-0.4, -0.2) is 28.9 Å². The van der Waals surface area contributed by atoms with Crippen LogP contribution in [0.2, 0.25) is 0 Å². The number of ether oxygens (including phenoxy) is 1. The normalized spacial score (nSPS) is 10.7. The molecule has 0 aliphatic heterocycles. The lowest BCUT2D eigenvalue weighted by Gasteiger charge is -2.06. The van der Waals surface area contributed by atoms with Gasteiger partial charge >= 0.3 is 0 Å². The van der Waals surface area contributed by atoms with Gasteiger partial charge in [0.05, 0.1) is 6.21 Å². The number of nitrogens with zero attached hydrogens (tertiary/aromatic N) is 1. The summed E-state index contributed by atoms with van der Waals surface area (Å²) < 4.78 is 5.32. The Kier molecular flexibility index (Phi) is 5.19. The molecule has 0 saturated heterocycles. The highest BCUT2D eigenvalue weighted by Gasteiger charge is 2.05. The quantitative estimate of drug-likeness (QED) is 0.583. The number of hydrazone groups is 1. The van der Waals surface area contributed by atoms with Gasteiger partial charge in [-0.25, -0.2) is 5.43 Å². The Labute approximate surface area is 134 Å². The first-order valence-electron chi connectivity index (χ1n) is 6.99. The zero-order valence-corrected chi connectivity index (χ0v) is 12.9. The van der Waals surface area contributed by atoms with E-state index in [1.54, 1.807) is 19.1 Å². The van der Waals surface area contributed by atoms with Gasteiger partial charge in [-0.2, -0.15) is 5.10 Å². The van der Waals surface area contributed by atoms with Gasteiger partial charge < -0.3 is 14.9 Å². The van der Waals surface area contributed by atoms with Gasteiger partial charge in [-0.15, -0.1) is 0 Å². The van der Waals surface area contributed by atoms with E-state index in [1.807, 2.05) is 19.1 Å². The molecule has 0 fully saturated rings. The fraction of sp³-hybridized carbons (Fsp3) is 0.176. The number of hydrogen-bond donors (Lipinski definition) is 3. The molecule has 0 aliphatic rings. The molecule has 0 bridgehead atoms. The molecule has 0 aliphatic carbocycles. The minimum atomic E-state index is -0.419. The number of nitrogens with one attached hydrogen (secondary N) is 1. The molecule has 6 heteroatoms. The van der Waals surface area contributed by atoms with Crippen LogP contribution in [0, 0.1) is 13.8 Å². The molecule has 1 amide bonds. The van der Waals surface area contributed by atoms with E-state index < -0.39 is 5.91 Å². The summed E-state index contributed by atoms with van der Waals surface area (Å²) in [6.07, 6.45) is 1.31. The molecule has 0 heterocycles. The molecule has 0 unspecified atom stereocenters. The molecule has 2 aromatic rings. The number of amides is 1. The first-order valence-corrected chi connectivity index (χ1v) is 6.99. The van der Waals surface area contributed by atoms with E-state index in [0.717, 1.165) is 5.56 Å². The summed E-state index contributed by atoms with van der Waals surface area (Å²) in [5, 5.41) is 22.8. The second-order valence-corrected chi connectivity index (χ2v) is 5.09. The summed E-state index contributed by atoms with van der Waals surface area (Å²) in [5.74, 6) is 0.0311. The van der Waals surface area contributed by atoms with Gasteiger partial charge in [0.15, 0.2) is 6.61 Å². The zero-order valence-electron chi connectivity index (χ0n) is 12.9. The average Bonchev–Trinajstić information content (AvgIpc) is 2.49. The third-order valence-corrected chi connectivity index (χ3v) is 3.12. The number of aryl methyl sites for hydroxylation is 2. The first-order chi connectivity index (χ1) is 11.0. The highest BCUT2D eigenvalue weighted by molar-refractivity contribution is 5.87. The lowest BCUT2D eigenvalue weighted by Crippen LogP contribution is -2.24. The number of phenols is 2. The van der Waals surface area contributed by atoms with Gasteiger partial charge in [-0.05, 0) is 37.6 Å². The van der Waals surface area contributed by atoms with Crippen LogP contribution in [0.15, 0.2) is 41.5 Å². The van der Waals surface area contributed by atoms with Crippen LogP contribution in [0.3, 0.4) is 0 Å². The topological polar surface area (TPSA) is 91.2 Å². The predicted molar refractivity (Wildman–Crippen MR) is 86.9 cm³/mol. The van der Waals surface area contributed by atoms with Crippen molar-refractivity contribution in [2.45, 2.75) is 13.8 Å². The highest BCUT2D eigenvalue weighted by Crippen LogP contribution is 2.24. The van der Waals surface area contributed by atoms with Crippen molar-refractivity contribution in [1.82, 2.24) is 5.43 Å². The predicted octanol–water partition coefficient (Wildman–Crippen LogP) is 2.24. The van der Waals surface area contributed by atoms with Crippen LogP contribution in [0.5, 0.6) is 17.2 Å². The van der Waals surface area contributed by atoms with Crippen molar-refractivity contribution in [2.24, 2.45) is 5.10 Å². The molecule has 2 aromatic carbocycles. The molecule has 0 saturated carbocycles. The number of aromatic hydroxyl groups is 2. The van der Waals surface area contributed by atoms with Crippen LogP contribution in [-0.2, 0) is 4.79 Å². The smallest absolute Gasteiger partial charge is 0.277 e. The third-order valence-electron chi connectivity index (χ3n) is 3.12. The summed E-state index contributed by atoms with van der Waals surface area (Å²) >= 11 is 0. The molecule has 0 aromatic heterocycles. The standard InChI is InChI=1S/C17H18N2O4/c1-11-3-5-14(6-4-11)23-10-17(22)19-18-9-15-12(2)7-13(20)8-16(15)21/h3-9,20-21H,10H2,1-2H3,(H,19,22). The third kappa shape index (κ3) is 4.74. The van der Waals surface area contributed by atoms with Gasteiger partial charge in [0.1, 0.15) is 17.2 Å². The Bertz CT molecular complexity index is 701. The van der Waals surface area contributed by atoms with Crippen LogP contribution >= 0.6 is 0 Å². The Morgan fingerprint density at radius 3 is 2.57 bits per heavy atom. The Balaban J connectivity index is 1.88. The zero-order chi connectivity index (χ0) is 16.8. The van der Waals surface area contributed by atoms with Gasteiger partial charge in [-0.1, -0.05) is 17.7 Å². The SMILES string of the molecule is Cc1ccc(OCC(=O)NN=Cc2c(C)cc(O)cc2O)cc1. The van der Waals surface area contributed by atoms with E-state index >= 15 is 0 Å². The van der Waals surface area contributed by atoms with E-state index in [-0.39, 0.29) is 18.1 Å². The van der Waals surface area contributed by atoms with Gasteiger partial charge in [0, 0.05) is 11.6 Å². The fourth-order valence-corrected chi connectivity index (χ4v) is 1.91. The summed E-state index contributed by atoms with van der Waals surface area (Å²) in [7, 11) is 0. The number of carbonyl (C=O) groups is 1. The maximum absolute atomic E-state index is 11.6. The number of benzene rings is 2. The van der Waals surface area contributed by atoms with Crippen molar-refractivity contribution < 1.29 is 19.7 Å².